The average molecular weight is 260 g/mol. The molecule has 4 heteroatoms. The Labute approximate surface area is 111 Å². The summed E-state index contributed by atoms with van der Waals surface area (Å²) in [5.41, 5.74) is 4.12. The molecule has 0 spiro atoms. The molecule has 0 atom stereocenters. The van der Waals surface area contributed by atoms with E-state index in [-0.39, 0.29) is 6.61 Å². The standard InChI is InChI=1S/C14H16N2OS/c1-9-4-11(3)16-13(5-9)18-14-10(2)6-12(8-17)7-15-14/h4-7,17H,8H2,1-3H3. The fourth-order valence-electron chi connectivity index (χ4n) is 1.77. The first kappa shape index (κ1) is 13.1. The molecule has 0 aliphatic rings. The molecular weight excluding hydrogens is 244 g/mol. The summed E-state index contributed by atoms with van der Waals surface area (Å²) < 4.78 is 0. The van der Waals surface area contributed by atoms with Crippen molar-refractivity contribution < 1.29 is 5.11 Å². The molecule has 0 aromatic carbocycles. The van der Waals surface area contributed by atoms with Crippen molar-refractivity contribution in [3.63, 3.8) is 0 Å². The molecule has 0 radical (unpaired) electrons. The van der Waals surface area contributed by atoms with Gasteiger partial charge in [-0.1, -0.05) is 0 Å². The Kier molecular flexibility index (Phi) is 3.99. The molecule has 94 valence electrons. The van der Waals surface area contributed by atoms with E-state index in [0.717, 1.165) is 26.9 Å². The topological polar surface area (TPSA) is 46.0 Å². The van der Waals surface area contributed by atoms with Crippen LogP contribution >= 0.6 is 11.8 Å². The summed E-state index contributed by atoms with van der Waals surface area (Å²) in [6.45, 7) is 6.08. The van der Waals surface area contributed by atoms with E-state index >= 15 is 0 Å². The van der Waals surface area contributed by atoms with E-state index in [9.17, 15) is 0 Å². The third-order valence-corrected chi connectivity index (χ3v) is 3.58. The van der Waals surface area contributed by atoms with Crippen LogP contribution in [0.2, 0.25) is 0 Å². The molecule has 2 rings (SSSR count). The van der Waals surface area contributed by atoms with Crippen LogP contribution in [0.3, 0.4) is 0 Å². The van der Waals surface area contributed by atoms with E-state index in [4.69, 9.17) is 5.11 Å². The average Bonchev–Trinajstić information content (AvgIpc) is 2.30. The maximum atomic E-state index is 9.06. The quantitative estimate of drug-likeness (QED) is 0.921. The summed E-state index contributed by atoms with van der Waals surface area (Å²) in [7, 11) is 0. The van der Waals surface area contributed by atoms with Crippen LogP contribution in [-0.4, -0.2) is 15.1 Å². The number of aliphatic hydroxyl groups is 1. The number of aliphatic hydroxyl groups excluding tert-OH is 1. The highest BCUT2D eigenvalue weighted by Gasteiger charge is 2.06. The molecule has 3 nitrogen and oxygen atoms in total. The van der Waals surface area contributed by atoms with Crippen molar-refractivity contribution >= 4 is 11.8 Å². The van der Waals surface area contributed by atoms with Crippen LogP contribution in [0, 0.1) is 20.8 Å². The van der Waals surface area contributed by atoms with Gasteiger partial charge in [-0.2, -0.15) is 0 Å². The van der Waals surface area contributed by atoms with Gasteiger partial charge in [0.25, 0.3) is 0 Å². The first-order valence-corrected chi connectivity index (χ1v) is 6.59. The van der Waals surface area contributed by atoms with Crippen LogP contribution in [0.5, 0.6) is 0 Å². The Hall–Kier alpha value is -1.39. The molecule has 0 aliphatic carbocycles. The van der Waals surface area contributed by atoms with Crippen molar-refractivity contribution in [1.29, 1.82) is 0 Å². The Morgan fingerprint density at radius 2 is 1.94 bits per heavy atom. The van der Waals surface area contributed by atoms with Gasteiger partial charge in [0, 0.05) is 11.9 Å². The molecule has 0 bridgehead atoms. The van der Waals surface area contributed by atoms with E-state index in [1.165, 1.54) is 5.56 Å². The highest BCUT2D eigenvalue weighted by Crippen LogP contribution is 2.28. The normalized spacial score (nSPS) is 10.7. The maximum Gasteiger partial charge on any atom is 0.105 e. The lowest BCUT2D eigenvalue weighted by Crippen LogP contribution is -1.92. The molecule has 0 saturated heterocycles. The van der Waals surface area contributed by atoms with E-state index < -0.39 is 0 Å². The molecule has 2 aromatic rings. The van der Waals surface area contributed by atoms with Gasteiger partial charge in [-0.15, -0.1) is 0 Å². The number of nitrogens with zero attached hydrogens (tertiary/aromatic N) is 2. The highest BCUT2D eigenvalue weighted by molar-refractivity contribution is 7.99. The van der Waals surface area contributed by atoms with Crippen LogP contribution in [-0.2, 0) is 6.61 Å². The second-order valence-electron chi connectivity index (χ2n) is 4.35. The number of aryl methyl sites for hydroxylation is 3. The zero-order chi connectivity index (χ0) is 13.1. The predicted octanol–water partition coefficient (Wildman–Crippen LogP) is 3.05. The Bertz CT molecular complexity index is 549. The van der Waals surface area contributed by atoms with Gasteiger partial charge in [-0.25, -0.2) is 9.97 Å². The lowest BCUT2D eigenvalue weighted by Gasteiger charge is -2.07. The van der Waals surface area contributed by atoms with Gasteiger partial charge in [-0.3, -0.25) is 0 Å². The van der Waals surface area contributed by atoms with Crippen LogP contribution in [0.1, 0.15) is 22.4 Å². The second kappa shape index (κ2) is 5.50. The summed E-state index contributed by atoms with van der Waals surface area (Å²) >= 11 is 1.56. The van der Waals surface area contributed by atoms with Gasteiger partial charge in [-0.05, 0) is 67.4 Å². The first-order chi connectivity index (χ1) is 8.58. The molecule has 0 amide bonds. The molecule has 18 heavy (non-hydrogen) atoms. The molecule has 2 heterocycles. The van der Waals surface area contributed by atoms with Crippen LogP contribution in [0.15, 0.2) is 34.4 Å². The first-order valence-electron chi connectivity index (χ1n) is 5.78. The third kappa shape index (κ3) is 3.09. The number of rotatable bonds is 3. The minimum absolute atomic E-state index is 0.0284. The molecule has 0 saturated carbocycles. The van der Waals surface area contributed by atoms with Gasteiger partial charge in [0.1, 0.15) is 10.1 Å². The molecule has 1 N–H and O–H groups in total. The summed E-state index contributed by atoms with van der Waals surface area (Å²) in [6, 6.07) is 6.07. The number of hydrogen-bond acceptors (Lipinski definition) is 4. The fourth-order valence-corrected chi connectivity index (χ4v) is 2.73. The molecular formula is C14H16N2OS. The number of pyridine rings is 2. The summed E-state index contributed by atoms with van der Waals surface area (Å²) in [6.07, 6.45) is 1.71. The SMILES string of the molecule is Cc1cc(C)nc(Sc2ncc(CO)cc2C)c1. The lowest BCUT2D eigenvalue weighted by molar-refractivity contribution is 0.281. The second-order valence-corrected chi connectivity index (χ2v) is 5.36. The molecule has 0 unspecified atom stereocenters. The summed E-state index contributed by atoms with van der Waals surface area (Å²) in [5.74, 6) is 0. The predicted molar refractivity (Wildman–Crippen MR) is 72.7 cm³/mol. The largest absolute Gasteiger partial charge is 0.392 e. The van der Waals surface area contributed by atoms with Gasteiger partial charge >= 0.3 is 0 Å². The Morgan fingerprint density at radius 1 is 1.17 bits per heavy atom. The van der Waals surface area contributed by atoms with Crippen molar-refractivity contribution in [3.05, 3.63) is 46.8 Å². The zero-order valence-corrected chi connectivity index (χ0v) is 11.6. The van der Waals surface area contributed by atoms with Gasteiger partial charge in [0.2, 0.25) is 0 Å². The minimum atomic E-state index is 0.0284. The highest BCUT2D eigenvalue weighted by atomic mass is 32.2. The van der Waals surface area contributed by atoms with E-state index in [1.54, 1.807) is 18.0 Å². The molecule has 0 fully saturated rings. The number of hydrogen-bond donors (Lipinski definition) is 1. The van der Waals surface area contributed by atoms with Crippen LogP contribution < -0.4 is 0 Å². The third-order valence-electron chi connectivity index (χ3n) is 2.54. The van der Waals surface area contributed by atoms with Crippen molar-refractivity contribution in [2.45, 2.75) is 37.4 Å². The lowest BCUT2D eigenvalue weighted by atomic mass is 10.2. The summed E-state index contributed by atoms with van der Waals surface area (Å²) in [5, 5.41) is 10.9. The van der Waals surface area contributed by atoms with Gasteiger partial charge in [0.15, 0.2) is 0 Å². The maximum absolute atomic E-state index is 9.06. The van der Waals surface area contributed by atoms with E-state index in [2.05, 4.69) is 29.0 Å². The number of aromatic nitrogens is 2. The summed E-state index contributed by atoms with van der Waals surface area (Å²) in [4.78, 5) is 8.85. The molecule has 2 aromatic heterocycles. The van der Waals surface area contributed by atoms with E-state index in [0.29, 0.717) is 0 Å². The minimum Gasteiger partial charge on any atom is -0.392 e. The smallest absolute Gasteiger partial charge is 0.105 e. The van der Waals surface area contributed by atoms with E-state index in [1.807, 2.05) is 19.9 Å². The Morgan fingerprint density at radius 3 is 2.56 bits per heavy atom. The Balaban J connectivity index is 2.28. The van der Waals surface area contributed by atoms with Crippen molar-refractivity contribution in [1.82, 2.24) is 9.97 Å². The van der Waals surface area contributed by atoms with Crippen molar-refractivity contribution in [3.8, 4) is 0 Å². The monoisotopic (exact) mass is 260 g/mol. The molecule has 0 aliphatic heterocycles. The zero-order valence-electron chi connectivity index (χ0n) is 10.8. The fraction of sp³-hybridized carbons (Fsp3) is 0.286. The van der Waals surface area contributed by atoms with Gasteiger partial charge in [0.05, 0.1) is 6.61 Å². The van der Waals surface area contributed by atoms with Crippen LogP contribution in [0.4, 0.5) is 0 Å². The van der Waals surface area contributed by atoms with Crippen molar-refractivity contribution in [2.75, 3.05) is 0 Å². The van der Waals surface area contributed by atoms with Crippen molar-refractivity contribution in [2.24, 2.45) is 0 Å². The van der Waals surface area contributed by atoms with Crippen LogP contribution in [0.25, 0.3) is 0 Å². The van der Waals surface area contributed by atoms with Gasteiger partial charge < -0.3 is 5.11 Å².